The number of ether oxygens (including phenoxy) is 1. The SMILES string of the molecule is CC(Oc1ccc(Cl)c(Cl)c1)C(=O)NC(C)C(C)CO. The maximum atomic E-state index is 12.0. The molecule has 0 aromatic heterocycles. The number of aliphatic hydroxyl groups excluding tert-OH is 1. The second-order valence-electron chi connectivity index (χ2n) is 4.79. The van der Waals surface area contributed by atoms with E-state index in [0.29, 0.717) is 15.8 Å². The summed E-state index contributed by atoms with van der Waals surface area (Å²) in [4.78, 5) is 12.0. The van der Waals surface area contributed by atoms with Gasteiger partial charge in [-0.2, -0.15) is 0 Å². The maximum absolute atomic E-state index is 12.0. The van der Waals surface area contributed by atoms with Crippen molar-refractivity contribution in [1.82, 2.24) is 5.32 Å². The second kappa shape index (κ2) is 7.72. The lowest BCUT2D eigenvalue weighted by molar-refractivity contribution is -0.128. The van der Waals surface area contributed by atoms with E-state index in [4.69, 9.17) is 33.0 Å². The molecule has 2 N–H and O–H groups in total. The van der Waals surface area contributed by atoms with Gasteiger partial charge in [0.15, 0.2) is 6.10 Å². The van der Waals surface area contributed by atoms with Crippen molar-refractivity contribution < 1.29 is 14.6 Å². The van der Waals surface area contributed by atoms with E-state index >= 15 is 0 Å². The van der Waals surface area contributed by atoms with Crippen LogP contribution in [-0.4, -0.2) is 29.8 Å². The lowest BCUT2D eigenvalue weighted by Crippen LogP contribution is -2.44. The minimum atomic E-state index is -0.666. The summed E-state index contributed by atoms with van der Waals surface area (Å²) in [7, 11) is 0. The fourth-order valence-electron chi connectivity index (χ4n) is 1.45. The molecule has 0 bridgehead atoms. The normalized spacial score (nSPS) is 15.3. The molecule has 0 aliphatic heterocycles. The number of hydrogen-bond donors (Lipinski definition) is 2. The highest BCUT2D eigenvalue weighted by Crippen LogP contribution is 2.26. The van der Waals surface area contributed by atoms with Crippen LogP contribution in [0.15, 0.2) is 18.2 Å². The van der Waals surface area contributed by atoms with Crippen LogP contribution in [0.25, 0.3) is 0 Å². The molecule has 1 rings (SSSR count). The zero-order chi connectivity index (χ0) is 15.3. The van der Waals surface area contributed by atoms with Gasteiger partial charge in [0.25, 0.3) is 5.91 Å². The first-order chi connectivity index (χ1) is 9.35. The molecule has 1 aromatic rings. The molecule has 0 spiro atoms. The molecule has 1 aromatic carbocycles. The van der Waals surface area contributed by atoms with Gasteiger partial charge in [0.2, 0.25) is 0 Å². The zero-order valence-electron chi connectivity index (χ0n) is 11.7. The average Bonchev–Trinajstić information content (AvgIpc) is 2.41. The van der Waals surface area contributed by atoms with E-state index in [0.717, 1.165) is 0 Å². The number of benzene rings is 1. The molecule has 1 amide bonds. The topological polar surface area (TPSA) is 58.6 Å². The largest absolute Gasteiger partial charge is 0.481 e. The number of hydrogen-bond acceptors (Lipinski definition) is 3. The molecule has 0 saturated carbocycles. The molecule has 6 heteroatoms. The Kier molecular flexibility index (Phi) is 6.59. The van der Waals surface area contributed by atoms with Crippen molar-refractivity contribution in [3.8, 4) is 5.75 Å². The maximum Gasteiger partial charge on any atom is 0.260 e. The van der Waals surface area contributed by atoms with Gasteiger partial charge >= 0.3 is 0 Å². The predicted octanol–water partition coefficient (Wildman–Crippen LogP) is 2.89. The van der Waals surface area contributed by atoms with Gasteiger partial charge in [-0.15, -0.1) is 0 Å². The Bertz CT molecular complexity index is 468. The van der Waals surface area contributed by atoms with Crippen molar-refractivity contribution in [2.45, 2.75) is 32.9 Å². The van der Waals surface area contributed by atoms with E-state index in [1.165, 1.54) is 0 Å². The van der Waals surface area contributed by atoms with Crippen LogP contribution in [0, 0.1) is 5.92 Å². The molecule has 112 valence electrons. The summed E-state index contributed by atoms with van der Waals surface area (Å²) in [6.45, 7) is 5.36. The van der Waals surface area contributed by atoms with Gasteiger partial charge in [0.1, 0.15) is 5.75 Å². The smallest absolute Gasteiger partial charge is 0.260 e. The molecule has 0 aliphatic carbocycles. The summed E-state index contributed by atoms with van der Waals surface area (Å²) in [5.41, 5.74) is 0. The van der Waals surface area contributed by atoms with Crippen molar-refractivity contribution in [3.63, 3.8) is 0 Å². The second-order valence-corrected chi connectivity index (χ2v) is 5.61. The van der Waals surface area contributed by atoms with Gasteiger partial charge in [0.05, 0.1) is 10.0 Å². The van der Waals surface area contributed by atoms with Gasteiger partial charge < -0.3 is 15.2 Å². The van der Waals surface area contributed by atoms with Crippen molar-refractivity contribution >= 4 is 29.1 Å². The summed E-state index contributed by atoms with van der Waals surface area (Å²) in [5.74, 6) is 0.213. The number of carbonyl (C=O) groups is 1. The van der Waals surface area contributed by atoms with Gasteiger partial charge in [-0.3, -0.25) is 4.79 Å². The van der Waals surface area contributed by atoms with Gasteiger partial charge in [-0.05, 0) is 31.9 Å². The predicted molar refractivity (Wildman–Crippen MR) is 80.4 cm³/mol. The van der Waals surface area contributed by atoms with Crippen LogP contribution in [0.2, 0.25) is 10.0 Å². The zero-order valence-corrected chi connectivity index (χ0v) is 13.2. The van der Waals surface area contributed by atoms with E-state index in [2.05, 4.69) is 5.32 Å². The van der Waals surface area contributed by atoms with E-state index in [1.807, 2.05) is 13.8 Å². The van der Waals surface area contributed by atoms with Crippen LogP contribution in [-0.2, 0) is 4.79 Å². The quantitative estimate of drug-likeness (QED) is 0.847. The van der Waals surface area contributed by atoms with E-state index < -0.39 is 6.10 Å². The van der Waals surface area contributed by atoms with Crippen molar-refractivity contribution in [1.29, 1.82) is 0 Å². The standard InChI is InChI=1S/C14H19Cl2NO3/c1-8(7-18)9(2)17-14(19)10(3)20-11-4-5-12(15)13(16)6-11/h4-6,8-10,18H,7H2,1-3H3,(H,17,19). The lowest BCUT2D eigenvalue weighted by Gasteiger charge is -2.22. The number of carbonyl (C=O) groups excluding carboxylic acids is 1. The van der Waals surface area contributed by atoms with Crippen LogP contribution in [0.1, 0.15) is 20.8 Å². The summed E-state index contributed by atoms with van der Waals surface area (Å²) in [6.07, 6.45) is -0.666. The molecular formula is C14H19Cl2NO3. The fraction of sp³-hybridized carbons (Fsp3) is 0.500. The highest BCUT2D eigenvalue weighted by atomic mass is 35.5. The molecule has 20 heavy (non-hydrogen) atoms. The molecule has 0 heterocycles. The molecule has 0 aliphatic rings. The minimum Gasteiger partial charge on any atom is -0.481 e. The highest BCUT2D eigenvalue weighted by Gasteiger charge is 2.20. The fourth-order valence-corrected chi connectivity index (χ4v) is 1.74. The summed E-state index contributed by atoms with van der Waals surface area (Å²) in [6, 6.07) is 4.69. The molecule has 0 radical (unpaired) electrons. The van der Waals surface area contributed by atoms with E-state index in [9.17, 15) is 4.79 Å². The monoisotopic (exact) mass is 319 g/mol. The Morgan fingerprint density at radius 1 is 1.30 bits per heavy atom. The van der Waals surface area contributed by atoms with Gasteiger partial charge in [0, 0.05) is 18.7 Å². The number of aliphatic hydroxyl groups is 1. The van der Waals surface area contributed by atoms with Crippen LogP contribution < -0.4 is 10.1 Å². The molecule has 0 fully saturated rings. The third kappa shape index (κ3) is 4.85. The van der Waals surface area contributed by atoms with Gasteiger partial charge in [-0.1, -0.05) is 30.1 Å². The van der Waals surface area contributed by atoms with Crippen LogP contribution in [0.5, 0.6) is 5.75 Å². The molecule has 3 atom stereocenters. The molecular weight excluding hydrogens is 301 g/mol. The minimum absolute atomic E-state index is 0.0173. The number of nitrogens with one attached hydrogen (secondary N) is 1. The molecule has 3 unspecified atom stereocenters. The first-order valence-electron chi connectivity index (χ1n) is 6.38. The van der Waals surface area contributed by atoms with Crippen LogP contribution >= 0.6 is 23.2 Å². The Labute approximate surface area is 129 Å². The number of halogens is 2. The van der Waals surface area contributed by atoms with Gasteiger partial charge in [-0.25, -0.2) is 0 Å². The van der Waals surface area contributed by atoms with Crippen molar-refractivity contribution in [2.24, 2.45) is 5.92 Å². The lowest BCUT2D eigenvalue weighted by atomic mass is 10.1. The van der Waals surface area contributed by atoms with E-state index in [-0.39, 0.29) is 24.5 Å². The third-order valence-corrected chi connectivity index (χ3v) is 3.82. The molecule has 0 saturated heterocycles. The Balaban J connectivity index is 2.59. The average molecular weight is 320 g/mol. The first-order valence-corrected chi connectivity index (χ1v) is 7.13. The van der Waals surface area contributed by atoms with Crippen molar-refractivity contribution in [2.75, 3.05) is 6.61 Å². The first kappa shape index (κ1) is 17.1. The number of amides is 1. The third-order valence-electron chi connectivity index (χ3n) is 3.08. The highest BCUT2D eigenvalue weighted by molar-refractivity contribution is 6.42. The Morgan fingerprint density at radius 3 is 2.50 bits per heavy atom. The van der Waals surface area contributed by atoms with Crippen LogP contribution in [0.3, 0.4) is 0 Å². The summed E-state index contributed by atoms with van der Waals surface area (Å²) < 4.78 is 5.51. The summed E-state index contributed by atoms with van der Waals surface area (Å²) >= 11 is 11.7. The number of rotatable bonds is 6. The Morgan fingerprint density at radius 2 is 1.95 bits per heavy atom. The molecule has 4 nitrogen and oxygen atoms in total. The van der Waals surface area contributed by atoms with Crippen molar-refractivity contribution in [3.05, 3.63) is 28.2 Å². The van der Waals surface area contributed by atoms with E-state index in [1.54, 1.807) is 25.1 Å². The Hall–Kier alpha value is -0.970. The summed E-state index contributed by atoms with van der Waals surface area (Å²) in [5, 5.41) is 12.6. The van der Waals surface area contributed by atoms with Crippen LogP contribution in [0.4, 0.5) is 0 Å².